The number of piperazine rings is 1. The predicted molar refractivity (Wildman–Crippen MR) is 152 cm³/mol. The number of carbonyl (C=O) groups is 1. The van der Waals surface area contributed by atoms with Crippen molar-refractivity contribution in [3.63, 3.8) is 0 Å². The van der Waals surface area contributed by atoms with E-state index in [1.807, 2.05) is 6.07 Å². The van der Waals surface area contributed by atoms with Crippen LogP contribution in [0.4, 0.5) is 27.4 Å². The maximum absolute atomic E-state index is 15.1. The molecular formula is C28H29FN8O3. The number of hydrogen-bond acceptors (Lipinski definition) is 9. The van der Waals surface area contributed by atoms with Crippen molar-refractivity contribution in [3.8, 4) is 11.4 Å². The van der Waals surface area contributed by atoms with E-state index in [1.165, 1.54) is 12.3 Å². The standard InChI is InChI=1S/C28H29FN8O3/c1-3-24(39)31-19-6-4-5-18(13-19)25-33-26-21(27(40)34-25)15-30-28(35-26)32-23-8-7-20(14-22(23)29)37-11-9-36(10-12-37)16-17(2)38/h3-8,13-15,17,38H,1,9-12,16H2,2H3,(H,31,39)(H2,30,32,33,34,35,40). The fourth-order valence-corrected chi connectivity index (χ4v) is 4.55. The summed E-state index contributed by atoms with van der Waals surface area (Å²) < 4.78 is 15.1. The third-order valence-corrected chi connectivity index (χ3v) is 6.51. The van der Waals surface area contributed by atoms with E-state index in [9.17, 15) is 14.7 Å². The van der Waals surface area contributed by atoms with E-state index in [0.717, 1.165) is 37.9 Å². The molecule has 0 saturated carbocycles. The number of anilines is 4. The number of benzene rings is 2. The molecule has 0 spiro atoms. The van der Waals surface area contributed by atoms with Crippen molar-refractivity contribution in [2.24, 2.45) is 0 Å². The summed E-state index contributed by atoms with van der Waals surface area (Å²) in [5.41, 5.74) is 1.72. The van der Waals surface area contributed by atoms with Crippen molar-refractivity contribution in [2.45, 2.75) is 13.0 Å². The lowest BCUT2D eigenvalue weighted by Gasteiger charge is -2.36. The molecule has 1 aliphatic heterocycles. The predicted octanol–water partition coefficient (Wildman–Crippen LogP) is 2.89. The Balaban J connectivity index is 1.34. The van der Waals surface area contributed by atoms with Gasteiger partial charge in [0.15, 0.2) is 5.65 Å². The molecule has 1 saturated heterocycles. The van der Waals surface area contributed by atoms with Crippen molar-refractivity contribution in [1.29, 1.82) is 0 Å². The number of nitrogens with one attached hydrogen (secondary N) is 3. The van der Waals surface area contributed by atoms with Crippen molar-refractivity contribution in [3.05, 3.63) is 77.5 Å². The van der Waals surface area contributed by atoms with Gasteiger partial charge in [0.05, 0.1) is 11.8 Å². The average molecular weight is 545 g/mol. The second-order valence-corrected chi connectivity index (χ2v) is 9.55. The lowest BCUT2D eigenvalue weighted by atomic mass is 10.2. The Kier molecular flexibility index (Phi) is 7.80. The topological polar surface area (TPSA) is 139 Å². The molecule has 40 heavy (non-hydrogen) atoms. The first-order valence-corrected chi connectivity index (χ1v) is 12.8. The zero-order valence-electron chi connectivity index (χ0n) is 21.9. The highest BCUT2D eigenvalue weighted by Crippen LogP contribution is 2.26. The second-order valence-electron chi connectivity index (χ2n) is 9.55. The largest absolute Gasteiger partial charge is 0.392 e. The summed E-state index contributed by atoms with van der Waals surface area (Å²) in [7, 11) is 0. The Morgan fingerprint density at radius 1 is 1.20 bits per heavy atom. The van der Waals surface area contributed by atoms with E-state index in [2.05, 4.69) is 46.9 Å². The first kappa shape index (κ1) is 26.9. The smallest absolute Gasteiger partial charge is 0.262 e. The number of H-pyrrole nitrogens is 1. The van der Waals surface area contributed by atoms with Gasteiger partial charge in [-0.1, -0.05) is 18.7 Å². The number of β-amino-alcohol motifs (C(OH)–C–C–N with tert-alkyl or cyclic N) is 1. The van der Waals surface area contributed by atoms with Gasteiger partial charge in [0.25, 0.3) is 5.56 Å². The second kappa shape index (κ2) is 11.6. The van der Waals surface area contributed by atoms with Crippen molar-refractivity contribution >= 4 is 40.0 Å². The number of carbonyl (C=O) groups excluding carboxylic acids is 1. The molecule has 1 aliphatic rings. The number of halogens is 1. The van der Waals surface area contributed by atoms with E-state index < -0.39 is 11.4 Å². The molecule has 0 bridgehead atoms. The molecule has 2 aromatic carbocycles. The molecule has 11 nitrogen and oxygen atoms in total. The van der Waals surface area contributed by atoms with Crippen LogP contribution in [0.25, 0.3) is 22.4 Å². The molecule has 1 unspecified atom stereocenters. The van der Waals surface area contributed by atoms with E-state index in [0.29, 0.717) is 17.8 Å². The Morgan fingerprint density at radius 3 is 2.73 bits per heavy atom. The van der Waals surface area contributed by atoms with Crippen LogP contribution in [-0.4, -0.2) is 74.7 Å². The van der Waals surface area contributed by atoms with Crippen LogP contribution in [0.1, 0.15) is 6.92 Å². The van der Waals surface area contributed by atoms with Crippen LogP contribution >= 0.6 is 0 Å². The summed E-state index contributed by atoms with van der Waals surface area (Å²) in [6.45, 7) is 8.88. The van der Waals surface area contributed by atoms with Crippen LogP contribution in [-0.2, 0) is 4.79 Å². The number of rotatable bonds is 8. The van der Waals surface area contributed by atoms with E-state index in [-0.39, 0.29) is 40.5 Å². The monoisotopic (exact) mass is 544 g/mol. The van der Waals surface area contributed by atoms with Crippen LogP contribution in [0.3, 0.4) is 0 Å². The number of nitrogens with zero attached hydrogens (tertiary/aromatic N) is 5. The normalized spacial score (nSPS) is 14.6. The van der Waals surface area contributed by atoms with Gasteiger partial charge in [-0.2, -0.15) is 4.98 Å². The molecule has 0 radical (unpaired) electrons. The zero-order chi connectivity index (χ0) is 28.2. The Bertz CT molecular complexity index is 1620. The van der Waals surface area contributed by atoms with Gasteiger partial charge in [0, 0.05) is 55.9 Å². The van der Waals surface area contributed by atoms with Gasteiger partial charge in [0.1, 0.15) is 17.0 Å². The molecule has 1 fully saturated rings. The number of aromatic nitrogens is 4. The van der Waals surface area contributed by atoms with Crippen LogP contribution in [0.15, 0.2) is 66.1 Å². The summed E-state index contributed by atoms with van der Waals surface area (Å²) in [5, 5.41) is 15.3. The maximum atomic E-state index is 15.1. The molecular weight excluding hydrogens is 515 g/mol. The van der Waals surface area contributed by atoms with Gasteiger partial charge >= 0.3 is 0 Å². The first-order valence-electron chi connectivity index (χ1n) is 12.8. The highest BCUT2D eigenvalue weighted by atomic mass is 19.1. The van der Waals surface area contributed by atoms with Crippen molar-refractivity contribution in [2.75, 3.05) is 48.3 Å². The lowest BCUT2D eigenvalue weighted by molar-refractivity contribution is -0.111. The van der Waals surface area contributed by atoms with Crippen LogP contribution in [0, 0.1) is 5.82 Å². The molecule has 1 atom stereocenters. The molecule has 4 N–H and O–H groups in total. The van der Waals surface area contributed by atoms with E-state index >= 15 is 4.39 Å². The van der Waals surface area contributed by atoms with Gasteiger partial charge in [0.2, 0.25) is 11.9 Å². The molecule has 3 heterocycles. The fourth-order valence-electron chi connectivity index (χ4n) is 4.55. The minimum Gasteiger partial charge on any atom is -0.392 e. The van der Waals surface area contributed by atoms with E-state index in [4.69, 9.17) is 0 Å². The summed E-state index contributed by atoms with van der Waals surface area (Å²) in [5.74, 6) is -0.496. The molecule has 206 valence electrons. The zero-order valence-corrected chi connectivity index (χ0v) is 21.9. The number of aliphatic hydroxyl groups is 1. The third kappa shape index (κ3) is 6.14. The SMILES string of the molecule is C=CC(=O)Nc1cccc(-c2nc3nc(Nc4ccc(N5CCN(CC(C)O)CC5)cc4F)ncc3c(=O)[nH]2)c1. The van der Waals surface area contributed by atoms with Crippen LogP contribution in [0.2, 0.25) is 0 Å². The van der Waals surface area contributed by atoms with Gasteiger partial charge in [-0.3, -0.25) is 14.5 Å². The molecule has 1 amide bonds. The van der Waals surface area contributed by atoms with E-state index in [1.54, 1.807) is 37.3 Å². The fraction of sp³-hybridized carbons (Fsp3) is 0.250. The number of hydrogen-bond donors (Lipinski definition) is 4. The van der Waals surface area contributed by atoms with Crippen molar-refractivity contribution in [1.82, 2.24) is 24.8 Å². The Labute approximate surface area is 229 Å². The number of aliphatic hydroxyl groups excluding tert-OH is 1. The summed E-state index contributed by atoms with van der Waals surface area (Å²) in [6.07, 6.45) is 2.11. The van der Waals surface area contributed by atoms with Gasteiger partial charge < -0.3 is 25.6 Å². The highest BCUT2D eigenvalue weighted by Gasteiger charge is 2.19. The minimum atomic E-state index is -0.467. The third-order valence-electron chi connectivity index (χ3n) is 6.51. The van der Waals surface area contributed by atoms with Crippen molar-refractivity contribution < 1.29 is 14.3 Å². The van der Waals surface area contributed by atoms with Gasteiger partial charge in [-0.15, -0.1) is 0 Å². The molecule has 0 aliphatic carbocycles. The Hall–Kier alpha value is -4.68. The van der Waals surface area contributed by atoms with Crippen LogP contribution in [0.5, 0.6) is 0 Å². The van der Waals surface area contributed by atoms with Crippen LogP contribution < -0.4 is 21.1 Å². The molecule has 2 aromatic heterocycles. The number of fused-ring (bicyclic) bond motifs is 1. The van der Waals surface area contributed by atoms with Gasteiger partial charge in [-0.25, -0.2) is 14.4 Å². The number of aromatic amines is 1. The van der Waals surface area contributed by atoms with Gasteiger partial charge in [-0.05, 0) is 43.3 Å². The maximum Gasteiger partial charge on any atom is 0.262 e. The summed E-state index contributed by atoms with van der Waals surface area (Å²) in [6, 6.07) is 11.7. The first-order chi connectivity index (χ1) is 19.3. The average Bonchev–Trinajstić information content (AvgIpc) is 2.94. The molecule has 5 rings (SSSR count). The number of amides is 1. The highest BCUT2D eigenvalue weighted by molar-refractivity contribution is 5.99. The lowest BCUT2D eigenvalue weighted by Crippen LogP contribution is -2.48. The molecule has 12 heteroatoms. The summed E-state index contributed by atoms with van der Waals surface area (Å²) in [4.78, 5) is 44.3. The summed E-state index contributed by atoms with van der Waals surface area (Å²) >= 11 is 0. The molecule has 4 aromatic rings. The minimum absolute atomic E-state index is 0.0851. The Morgan fingerprint density at radius 2 is 2.00 bits per heavy atom. The quantitative estimate of drug-likeness (QED) is 0.247.